The van der Waals surface area contributed by atoms with Gasteiger partial charge in [-0.15, -0.1) is 0 Å². The highest BCUT2D eigenvalue weighted by Crippen LogP contribution is 2.24. The molecule has 0 heterocycles. The number of hydrogen-bond acceptors (Lipinski definition) is 4. The van der Waals surface area contributed by atoms with Crippen LogP contribution in [0.25, 0.3) is 0 Å². The van der Waals surface area contributed by atoms with Crippen LogP contribution in [0.2, 0.25) is 0 Å². The minimum absolute atomic E-state index is 0.0141. The molecule has 20 heavy (non-hydrogen) atoms. The van der Waals surface area contributed by atoms with Crippen LogP contribution in [0.4, 0.5) is 5.69 Å². The highest BCUT2D eigenvalue weighted by atomic mass is 79.9. The Morgan fingerprint density at radius 1 is 1.25 bits per heavy atom. The lowest BCUT2D eigenvalue weighted by molar-refractivity contribution is -0.385. The highest BCUT2D eigenvalue weighted by Gasteiger charge is 2.12. The quantitative estimate of drug-likeness (QED) is 0.474. The van der Waals surface area contributed by atoms with E-state index in [9.17, 15) is 14.9 Å². The maximum absolute atomic E-state index is 10.9. The summed E-state index contributed by atoms with van der Waals surface area (Å²) in [7, 11) is 0. The number of carbonyl (C=O) groups is 1. The van der Waals surface area contributed by atoms with Crippen LogP contribution in [0.15, 0.2) is 46.9 Å². The van der Waals surface area contributed by atoms with Crippen LogP contribution in [0, 0.1) is 10.1 Å². The fourth-order valence-corrected chi connectivity index (χ4v) is 2.01. The Morgan fingerprint density at radius 2 is 2.00 bits per heavy atom. The molecule has 0 N–H and O–H groups in total. The van der Waals surface area contributed by atoms with Gasteiger partial charge in [0.25, 0.3) is 5.69 Å². The lowest BCUT2D eigenvalue weighted by atomic mass is 10.2. The van der Waals surface area contributed by atoms with Crippen LogP contribution in [-0.4, -0.2) is 11.2 Å². The van der Waals surface area contributed by atoms with Gasteiger partial charge in [0.05, 0.1) is 10.5 Å². The van der Waals surface area contributed by atoms with Crippen molar-refractivity contribution in [2.75, 3.05) is 0 Å². The summed E-state index contributed by atoms with van der Waals surface area (Å²) in [5.74, 6) is 0.480. The van der Waals surface area contributed by atoms with Gasteiger partial charge in [-0.3, -0.25) is 14.9 Å². The van der Waals surface area contributed by atoms with Crippen LogP contribution in [0.1, 0.15) is 15.9 Å². The molecule has 0 spiro atoms. The van der Waals surface area contributed by atoms with E-state index in [4.69, 9.17) is 4.74 Å². The molecule has 102 valence electrons. The molecule has 0 fully saturated rings. The molecule has 0 aliphatic heterocycles. The van der Waals surface area contributed by atoms with Crippen LogP contribution in [0.3, 0.4) is 0 Å². The third-order valence-electron chi connectivity index (χ3n) is 2.68. The summed E-state index contributed by atoms with van der Waals surface area (Å²) in [6.07, 6.45) is 0.710. The van der Waals surface area contributed by atoms with E-state index in [1.165, 1.54) is 6.07 Å². The van der Waals surface area contributed by atoms with Crippen molar-refractivity contribution in [3.8, 4) is 5.75 Å². The van der Waals surface area contributed by atoms with Crippen molar-refractivity contribution in [1.29, 1.82) is 0 Å². The van der Waals surface area contributed by atoms with E-state index >= 15 is 0 Å². The minimum Gasteiger partial charge on any atom is -0.489 e. The molecule has 2 aromatic rings. The number of halogens is 1. The number of nitrogens with zero attached hydrogens (tertiary/aromatic N) is 1. The highest BCUT2D eigenvalue weighted by molar-refractivity contribution is 9.10. The lowest BCUT2D eigenvalue weighted by Gasteiger charge is -2.08. The normalized spacial score (nSPS) is 10.1. The van der Waals surface area contributed by atoms with Crippen molar-refractivity contribution in [2.45, 2.75) is 6.61 Å². The van der Waals surface area contributed by atoms with Gasteiger partial charge in [-0.05, 0) is 24.3 Å². The Labute approximate surface area is 123 Å². The van der Waals surface area contributed by atoms with Gasteiger partial charge in [0.1, 0.15) is 12.4 Å². The van der Waals surface area contributed by atoms with E-state index in [2.05, 4.69) is 15.9 Å². The van der Waals surface area contributed by atoms with Gasteiger partial charge in [0.2, 0.25) is 0 Å². The summed E-state index contributed by atoms with van der Waals surface area (Å²) in [5, 5.41) is 10.9. The molecule has 5 nitrogen and oxygen atoms in total. The molecule has 0 saturated heterocycles. The Hall–Kier alpha value is -2.21. The maximum Gasteiger partial charge on any atom is 0.276 e. The number of hydrogen-bond donors (Lipinski definition) is 0. The molecule has 6 heteroatoms. The zero-order valence-electron chi connectivity index (χ0n) is 10.3. The van der Waals surface area contributed by atoms with Crippen molar-refractivity contribution in [1.82, 2.24) is 0 Å². The molecule has 0 aliphatic rings. The molecule has 2 aromatic carbocycles. The summed E-state index contributed by atoms with van der Waals surface area (Å²) < 4.78 is 6.17. The van der Waals surface area contributed by atoms with Gasteiger partial charge in [0.15, 0.2) is 6.29 Å². The summed E-state index contributed by atoms with van der Waals surface area (Å²) >= 11 is 3.24. The second-order valence-corrected chi connectivity index (χ2v) is 4.83. The van der Waals surface area contributed by atoms with Crippen LogP contribution in [0.5, 0.6) is 5.75 Å². The Morgan fingerprint density at radius 3 is 2.70 bits per heavy atom. The SMILES string of the molecule is O=Cc1cc(OCc2ccccc2[N+](=O)[O-])ccc1Br. The Balaban J connectivity index is 2.17. The molecule has 0 aliphatic carbocycles. The predicted octanol–water partition coefficient (Wildman–Crippen LogP) is 3.75. The minimum atomic E-state index is -0.447. The van der Waals surface area contributed by atoms with E-state index in [1.54, 1.807) is 36.4 Å². The first-order valence-electron chi connectivity index (χ1n) is 5.71. The fourth-order valence-electron chi connectivity index (χ4n) is 1.67. The van der Waals surface area contributed by atoms with Crippen molar-refractivity contribution < 1.29 is 14.5 Å². The van der Waals surface area contributed by atoms with E-state index in [1.807, 2.05) is 0 Å². The van der Waals surface area contributed by atoms with E-state index in [0.717, 1.165) is 0 Å². The number of rotatable bonds is 5. The van der Waals surface area contributed by atoms with Gasteiger partial charge in [-0.2, -0.15) is 0 Å². The average molecular weight is 336 g/mol. The van der Waals surface area contributed by atoms with E-state index in [-0.39, 0.29) is 12.3 Å². The lowest BCUT2D eigenvalue weighted by Crippen LogP contribution is -2.00. The average Bonchev–Trinajstić information content (AvgIpc) is 2.46. The van der Waals surface area contributed by atoms with Crippen molar-refractivity contribution >= 4 is 27.9 Å². The molecular weight excluding hydrogens is 326 g/mol. The van der Waals surface area contributed by atoms with Crippen molar-refractivity contribution in [2.24, 2.45) is 0 Å². The second kappa shape index (κ2) is 6.29. The molecule has 0 aromatic heterocycles. The number of para-hydroxylation sites is 1. The molecule has 0 saturated carbocycles. The second-order valence-electron chi connectivity index (χ2n) is 3.98. The Bertz CT molecular complexity index is 657. The van der Waals surface area contributed by atoms with E-state index in [0.29, 0.717) is 27.6 Å². The number of ether oxygens (including phenoxy) is 1. The predicted molar refractivity (Wildman–Crippen MR) is 77.0 cm³/mol. The summed E-state index contributed by atoms with van der Waals surface area (Å²) in [4.78, 5) is 21.3. The first-order valence-corrected chi connectivity index (χ1v) is 6.51. The maximum atomic E-state index is 10.9. The first kappa shape index (κ1) is 14.2. The van der Waals surface area contributed by atoms with Crippen LogP contribution < -0.4 is 4.74 Å². The first-order chi connectivity index (χ1) is 9.61. The third-order valence-corrected chi connectivity index (χ3v) is 3.40. The molecule has 0 radical (unpaired) electrons. The van der Waals surface area contributed by atoms with Gasteiger partial charge in [0, 0.05) is 16.1 Å². The number of carbonyl (C=O) groups excluding carboxylic acids is 1. The van der Waals surface area contributed by atoms with Crippen molar-refractivity contribution in [3.05, 3.63) is 68.2 Å². The number of aldehydes is 1. The topological polar surface area (TPSA) is 69.4 Å². The summed E-state index contributed by atoms with van der Waals surface area (Å²) in [6, 6.07) is 11.3. The smallest absolute Gasteiger partial charge is 0.276 e. The molecular formula is C14H10BrNO4. The van der Waals surface area contributed by atoms with Crippen LogP contribution >= 0.6 is 15.9 Å². The van der Waals surface area contributed by atoms with Gasteiger partial charge in [-0.1, -0.05) is 28.1 Å². The zero-order chi connectivity index (χ0) is 14.5. The molecule has 2 rings (SSSR count). The van der Waals surface area contributed by atoms with Gasteiger partial charge >= 0.3 is 0 Å². The fraction of sp³-hybridized carbons (Fsp3) is 0.0714. The van der Waals surface area contributed by atoms with Gasteiger partial charge in [-0.25, -0.2) is 0 Å². The summed E-state index contributed by atoms with van der Waals surface area (Å²) in [5.41, 5.74) is 0.957. The number of nitro groups is 1. The largest absolute Gasteiger partial charge is 0.489 e. The Kier molecular flexibility index (Phi) is 4.47. The standard InChI is InChI=1S/C14H10BrNO4/c15-13-6-5-12(7-11(13)8-17)20-9-10-3-1-2-4-14(10)16(18)19/h1-8H,9H2. The van der Waals surface area contributed by atoms with Gasteiger partial charge < -0.3 is 4.74 Å². The summed E-state index contributed by atoms with van der Waals surface area (Å²) in [6.45, 7) is 0.0666. The molecule has 0 amide bonds. The number of benzene rings is 2. The molecule has 0 atom stereocenters. The van der Waals surface area contributed by atoms with Crippen molar-refractivity contribution in [3.63, 3.8) is 0 Å². The third kappa shape index (κ3) is 3.21. The monoisotopic (exact) mass is 335 g/mol. The van der Waals surface area contributed by atoms with Crippen LogP contribution in [-0.2, 0) is 6.61 Å². The van der Waals surface area contributed by atoms with E-state index < -0.39 is 4.92 Å². The number of nitro benzene ring substituents is 1. The zero-order valence-corrected chi connectivity index (χ0v) is 11.9. The molecule has 0 bridgehead atoms. The molecule has 0 unspecified atom stereocenters.